The molecule has 1 aliphatic rings. The minimum absolute atomic E-state index is 0.306. The summed E-state index contributed by atoms with van der Waals surface area (Å²) >= 11 is 5.62. The summed E-state index contributed by atoms with van der Waals surface area (Å²) in [5.41, 5.74) is 0. The van der Waals surface area contributed by atoms with Crippen molar-refractivity contribution < 1.29 is 8.42 Å². The Labute approximate surface area is 110 Å². The van der Waals surface area contributed by atoms with Crippen LogP contribution in [0.5, 0.6) is 0 Å². The highest BCUT2D eigenvalue weighted by Crippen LogP contribution is 2.24. The molecular formula is C12H24ClNO2S. The van der Waals surface area contributed by atoms with Gasteiger partial charge < -0.3 is 0 Å². The fraction of sp³-hybridized carbons (Fsp3) is 1.00. The SMILES string of the molecule is CC(CCCl)CNS(=O)(=O)CC1CCCCC1. The fourth-order valence-corrected chi connectivity index (χ4v) is 4.26. The van der Waals surface area contributed by atoms with Crippen molar-refractivity contribution in [1.29, 1.82) is 0 Å². The van der Waals surface area contributed by atoms with E-state index in [1.165, 1.54) is 19.3 Å². The molecule has 3 nitrogen and oxygen atoms in total. The Hall–Kier alpha value is 0.200. The fourth-order valence-electron chi connectivity index (χ4n) is 2.28. The Morgan fingerprint density at radius 1 is 1.29 bits per heavy atom. The van der Waals surface area contributed by atoms with Gasteiger partial charge in [0.25, 0.3) is 0 Å². The molecular weight excluding hydrogens is 258 g/mol. The van der Waals surface area contributed by atoms with E-state index in [2.05, 4.69) is 4.72 Å². The summed E-state index contributed by atoms with van der Waals surface area (Å²) in [6, 6.07) is 0. The molecule has 1 fully saturated rings. The Balaban J connectivity index is 2.29. The average molecular weight is 282 g/mol. The highest BCUT2D eigenvalue weighted by atomic mass is 35.5. The lowest BCUT2D eigenvalue weighted by molar-refractivity contribution is 0.383. The topological polar surface area (TPSA) is 46.2 Å². The van der Waals surface area contributed by atoms with Crippen LogP contribution >= 0.6 is 11.6 Å². The van der Waals surface area contributed by atoms with E-state index >= 15 is 0 Å². The molecule has 1 unspecified atom stereocenters. The lowest BCUT2D eigenvalue weighted by Crippen LogP contribution is -2.33. The molecule has 5 heteroatoms. The summed E-state index contributed by atoms with van der Waals surface area (Å²) in [5, 5.41) is 0. The number of rotatable bonds is 7. The largest absolute Gasteiger partial charge is 0.215 e. The molecule has 0 amide bonds. The van der Waals surface area contributed by atoms with Crippen molar-refractivity contribution in [2.45, 2.75) is 45.4 Å². The monoisotopic (exact) mass is 281 g/mol. The minimum Gasteiger partial charge on any atom is -0.215 e. The summed E-state index contributed by atoms with van der Waals surface area (Å²) in [7, 11) is -3.09. The molecule has 17 heavy (non-hydrogen) atoms. The van der Waals surface area contributed by atoms with Gasteiger partial charge in [-0.1, -0.05) is 26.2 Å². The first-order chi connectivity index (χ1) is 8.03. The van der Waals surface area contributed by atoms with Gasteiger partial charge in [-0.05, 0) is 31.1 Å². The molecule has 0 aromatic carbocycles. The maximum absolute atomic E-state index is 11.9. The summed E-state index contributed by atoms with van der Waals surface area (Å²) in [6.45, 7) is 2.54. The van der Waals surface area contributed by atoms with Gasteiger partial charge in [-0.2, -0.15) is 0 Å². The Morgan fingerprint density at radius 2 is 1.94 bits per heavy atom. The number of hydrogen-bond acceptors (Lipinski definition) is 2. The van der Waals surface area contributed by atoms with Gasteiger partial charge in [0, 0.05) is 12.4 Å². The molecule has 1 atom stereocenters. The first-order valence-corrected chi connectivity index (χ1v) is 8.75. The van der Waals surface area contributed by atoms with E-state index in [0.717, 1.165) is 19.3 Å². The van der Waals surface area contributed by atoms with E-state index in [9.17, 15) is 8.42 Å². The first kappa shape index (κ1) is 15.3. The highest BCUT2D eigenvalue weighted by Gasteiger charge is 2.21. The lowest BCUT2D eigenvalue weighted by atomic mass is 9.91. The number of nitrogens with one attached hydrogen (secondary N) is 1. The minimum atomic E-state index is -3.09. The van der Waals surface area contributed by atoms with E-state index in [1.807, 2.05) is 6.92 Å². The van der Waals surface area contributed by atoms with Crippen LogP contribution in [0.25, 0.3) is 0 Å². The maximum Gasteiger partial charge on any atom is 0.211 e. The van der Waals surface area contributed by atoms with Gasteiger partial charge in [0.05, 0.1) is 5.75 Å². The van der Waals surface area contributed by atoms with Crippen LogP contribution in [0.15, 0.2) is 0 Å². The molecule has 0 radical (unpaired) electrons. The van der Waals surface area contributed by atoms with Crippen molar-refractivity contribution in [1.82, 2.24) is 4.72 Å². The molecule has 0 bridgehead atoms. The quantitative estimate of drug-likeness (QED) is 0.730. The summed E-state index contributed by atoms with van der Waals surface area (Å²) in [6.07, 6.45) is 6.62. The van der Waals surface area contributed by atoms with Gasteiger partial charge in [0.1, 0.15) is 0 Å². The van der Waals surface area contributed by atoms with Crippen molar-refractivity contribution in [2.24, 2.45) is 11.8 Å². The number of hydrogen-bond donors (Lipinski definition) is 1. The second kappa shape index (κ2) is 7.59. The predicted octanol–water partition coefficient (Wildman–Crippen LogP) is 2.75. The molecule has 0 aliphatic heterocycles. The van der Waals surface area contributed by atoms with E-state index in [-0.39, 0.29) is 0 Å². The van der Waals surface area contributed by atoms with E-state index < -0.39 is 10.0 Å². The zero-order valence-corrected chi connectivity index (χ0v) is 12.2. The second-order valence-corrected chi connectivity index (χ2v) is 7.45. The van der Waals surface area contributed by atoms with Crippen molar-refractivity contribution >= 4 is 21.6 Å². The van der Waals surface area contributed by atoms with Crippen LogP contribution in [0.3, 0.4) is 0 Å². The van der Waals surface area contributed by atoms with Crippen molar-refractivity contribution in [3.63, 3.8) is 0 Å². The van der Waals surface area contributed by atoms with Gasteiger partial charge in [0.2, 0.25) is 10.0 Å². The lowest BCUT2D eigenvalue weighted by Gasteiger charge is -2.21. The molecule has 0 heterocycles. The van der Waals surface area contributed by atoms with E-state index in [0.29, 0.717) is 30.0 Å². The number of alkyl halides is 1. The van der Waals surface area contributed by atoms with Gasteiger partial charge in [-0.15, -0.1) is 11.6 Å². The third-order valence-electron chi connectivity index (χ3n) is 3.43. The second-order valence-electron chi connectivity index (χ2n) is 5.22. The highest BCUT2D eigenvalue weighted by molar-refractivity contribution is 7.89. The molecule has 1 rings (SSSR count). The van der Waals surface area contributed by atoms with Gasteiger partial charge >= 0.3 is 0 Å². The predicted molar refractivity (Wildman–Crippen MR) is 72.9 cm³/mol. The molecule has 1 saturated carbocycles. The van der Waals surface area contributed by atoms with Crippen LogP contribution in [-0.2, 0) is 10.0 Å². The first-order valence-electron chi connectivity index (χ1n) is 6.57. The molecule has 102 valence electrons. The average Bonchev–Trinajstić information content (AvgIpc) is 2.28. The van der Waals surface area contributed by atoms with Crippen LogP contribution in [0, 0.1) is 11.8 Å². The standard InChI is InChI=1S/C12H24ClNO2S/c1-11(7-8-13)9-14-17(15,16)10-12-5-3-2-4-6-12/h11-12,14H,2-10H2,1H3. The van der Waals surface area contributed by atoms with Gasteiger partial charge in [-0.25, -0.2) is 13.1 Å². The third-order valence-corrected chi connectivity index (χ3v) is 5.17. The van der Waals surface area contributed by atoms with E-state index in [1.54, 1.807) is 0 Å². The van der Waals surface area contributed by atoms with Crippen molar-refractivity contribution in [2.75, 3.05) is 18.2 Å². The van der Waals surface area contributed by atoms with Crippen LogP contribution in [-0.4, -0.2) is 26.6 Å². The van der Waals surface area contributed by atoms with Crippen LogP contribution in [0.4, 0.5) is 0 Å². The zero-order valence-electron chi connectivity index (χ0n) is 10.6. The number of halogens is 1. The molecule has 0 spiro atoms. The molecule has 1 N–H and O–H groups in total. The summed E-state index contributed by atoms with van der Waals surface area (Å²) in [5.74, 6) is 1.57. The Bertz CT molecular complexity index is 300. The van der Waals surface area contributed by atoms with Gasteiger partial charge in [-0.3, -0.25) is 0 Å². The van der Waals surface area contributed by atoms with Crippen molar-refractivity contribution in [3.05, 3.63) is 0 Å². The maximum atomic E-state index is 11.9. The summed E-state index contributed by atoms with van der Waals surface area (Å²) in [4.78, 5) is 0. The molecule has 0 aromatic rings. The third kappa shape index (κ3) is 6.63. The van der Waals surface area contributed by atoms with Crippen LogP contribution in [0.1, 0.15) is 45.4 Å². The molecule has 0 saturated heterocycles. The normalized spacial score (nSPS) is 20.4. The summed E-state index contributed by atoms with van der Waals surface area (Å²) < 4.78 is 26.4. The van der Waals surface area contributed by atoms with Crippen molar-refractivity contribution in [3.8, 4) is 0 Å². The molecule has 1 aliphatic carbocycles. The Morgan fingerprint density at radius 3 is 2.53 bits per heavy atom. The Kier molecular flexibility index (Phi) is 6.82. The zero-order chi connectivity index (χ0) is 12.7. The smallest absolute Gasteiger partial charge is 0.211 e. The number of sulfonamides is 1. The van der Waals surface area contributed by atoms with Gasteiger partial charge in [0.15, 0.2) is 0 Å². The van der Waals surface area contributed by atoms with Crippen LogP contribution in [0.2, 0.25) is 0 Å². The molecule has 0 aromatic heterocycles. The van der Waals surface area contributed by atoms with E-state index in [4.69, 9.17) is 11.6 Å². The van der Waals surface area contributed by atoms with Crippen LogP contribution < -0.4 is 4.72 Å².